The van der Waals surface area contributed by atoms with Crippen LogP contribution in [0.3, 0.4) is 0 Å². The number of hydrogen-bond acceptors (Lipinski definition) is 1. The van der Waals surface area contributed by atoms with E-state index in [1.54, 1.807) is 0 Å². The van der Waals surface area contributed by atoms with Crippen LogP contribution < -0.4 is 0 Å². The maximum Gasteiger partial charge on any atom is 0.0276 e. The van der Waals surface area contributed by atoms with Crippen molar-refractivity contribution in [2.45, 2.75) is 41.0 Å². The molecule has 1 nitrogen and oxygen atoms in total. The minimum atomic E-state index is 0.630. The topological polar surface area (TPSA) is 12.4 Å². The average molecular weight is 169 g/mol. The van der Waals surface area contributed by atoms with Gasteiger partial charge in [0.25, 0.3) is 0 Å². The summed E-state index contributed by atoms with van der Waals surface area (Å²) >= 11 is 0. The Kier molecular flexibility index (Phi) is 5.19. The van der Waals surface area contributed by atoms with E-state index < -0.39 is 0 Å². The summed E-state index contributed by atoms with van der Waals surface area (Å²) in [5.74, 6) is 1.98. The smallest absolute Gasteiger partial charge is 0.0276 e. The Balaban J connectivity index is 4.36. The Hall–Kier alpha value is -0.330. The van der Waals surface area contributed by atoms with Crippen LogP contribution in [0.15, 0.2) is 4.99 Å². The molecule has 0 bridgehead atoms. The molecule has 0 amide bonds. The second-order valence-electron chi connectivity index (χ2n) is 3.99. The van der Waals surface area contributed by atoms with Crippen LogP contribution in [-0.4, -0.2) is 12.8 Å². The number of rotatable bonds is 4. The third kappa shape index (κ3) is 2.96. The van der Waals surface area contributed by atoms with Crippen LogP contribution in [-0.2, 0) is 0 Å². The molecule has 0 heterocycles. The van der Waals surface area contributed by atoms with Gasteiger partial charge >= 0.3 is 0 Å². The first-order valence-corrected chi connectivity index (χ1v) is 5.01. The Morgan fingerprint density at radius 3 is 1.92 bits per heavy atom. The summed E-state index contributed by atoms with van der Waals surface area (Å²) in [7, 11) is 1.92. The molecule has 0 radical (unpaired) electrons. The molecular formula is C11H23N. The van der Waals surface area contributed by atoms with Crippen LogP contribution in [0.5, 0.6) is 0 Å². The van der Waals surface area contributed by atoms with E-state index in [0.717, 1.165) is 0 Å². The summed E-state index contributed by atoms with van der Waals surface area (Å²) < 4.78 is 0. The Morgan fingerprint density at radius 2 is 1.67 bits per heavy atom. The van der Waals surface area contributed by atoms with E-state index in [-0.39, 0.29) is 0 Å². The SMILES string of the molecule is CCC(C)/C(=N/C)C(C)C(C)C. The predicted octanol–water partition coefficient (Wildman–Crippen LogP) is 3.40. The first-order valence-electron chi connectivity index (χ1n) is 5.01. The lowest BCUT2D eigenvalue weighted by Crippen LogP contribution is -2.23. The van der Waals surface area contributed by atoms with Crippen molar-refractivity contribution in [3.05, 3.63) is 0 Å². The lowest BCUT2D eigenvalue weighted by atomic mass is 9.85. The Morgan fingerprint density at radius 1 is 1.17 bits per heavy atom. The van der Waals surface area contributed by atoms with Gasteiger partial charge in [0.1, 0.15) is 0 Å². The molecule has 0 spiro atoms. The van der Waals surface area contributed by atoms with Gasteiger partial charge in [-0.1, -0.05) is 34.6 Å². The van der Waals surface area contributed by atoms with Gasteiger partial charge < -0.3 is 0 Å². The highest BCUT2D eigenvalue weighted by atomic mass is 14.7. The van der Waals surface area contributed by atoms with Crippen molar-refractivity contribution < 1.29 is 0 Å². The highest BCUT2D eigenvalue weighted by Crippen LogP contribution is 2.19. The zero-order valence-corrected chi connectivity index (χ0v) is 9.39. The Bertz CT molecular complexity index is 147. The third-order valence-electron chi connectivity index (χ3n) is 2.84. The molecule has 0 aliphatic rings. The van der Waals surface area contributed by atoms with E-state index >= 15 is 0 Å². The van der Waals surface area contributed by atoms with Crippen molar-refractivity contribution >= 4 is 5.71 Å². The van der Waals surface area contributed by atoms with Gasteiger partial charge in [-0.05, 0) is 24.2 Å². The van der Waals surface area contributed by atoms with Crippen molar-refractivity contribution in [2.24, 2.45) is 22.7 Å². The van der Waals surface area contributed by atoms with Crippen LogP contribution in [0, 0.1) is 17.8 Å². The first-order chi connectivity index (χ1) is 5.54. The molecule has 0 rings (SSSR count). The van der Waals surface area contributed by atoms with Gasteiger partial charge in [-0.2, -0.15) is 0 Å². The molecule has 2 unspecified atom stereocenters. The summed E-state index contributed by atoms with van der Waals surface area (Å²) in [6.45, 7) is 11.3. The predicted molar refractivity (Wildman–Crippen MR) is 56.8 cm³/mol. The maximum atomic E-state index is 4.40. The summed E-state index contributed by atoms with van der Waals surface area (Å²) in [5.41, 5.74) is 1.38. The minimum absolute atomic E-state index is 0.630. The fourth-order valence-electron chi connectivity index (χ4n) is 1.42. The van der Waals surface area contributed by atoms with E-state index in [9.17, 15) is 0 Å². The second-order valence-corrected chi connectivity index (χ2v) is 3.99. The van der Waals surface area contributed by atoms with Crippen molar-refractivity contribution in [2.75, 3.05) is 7.05 Å². The molecule has 0 saturated carbocycles. The van der Waals surface area contributed by atoms with Crippen molar-refractivity contribution in [3.8, 4) is 0 Å². The van der Waals surface area contributed by atoms with Gasteiger partial charge in [0.2, 0.25) is 0 Å². The number of nitrogens with zero attached hydrogens (tertiary/aromatic N) is 1. The van der Waals surface area contributed by atoms with Crippen LogP contribution in [0.1, 0.15) is 41.0 Å². The molecule has 0 aliphatic heterocycles. The maximum absolute atomic E-state index is 4.40. The third-order valence-corrected chi connectivity index (χ3v) is 2.84. The van der Waals surface area contributed by atoms with Gasteiger partial charge in [-0.15, -0.1) is 0 Å². The molecule has 2 atom stereocenters. The minimum Gasteiger partial charge on any atom is -0.297 e. The molecule has 12 heavy (non-hydrogen) atoms. The summed E-state index contributed by atoms with van der Waals surface area (Å²) in [4.78, 5) is 4.40. The lowest BCUT2D eigenvalue weighted by Gasteiger charge is -2.22. The summed E-state index contributed by atoms with van der Waals surface area (Å²) in [6, 6.07) is 0. The first kappa shape index (κ1) is 11.7. The van der Waals surface area contributed by atoms with Crippen LogP contribution in [0.4, 0.5) is 0 Å². The quantitative estimate of drug-likeness (QED) is 0.572. The molecule has 72 valence electrons. The van der Waals surface area contributed by atoms with Gasteiger partial charge in [0, 0.05) is 12.8 Å². The highest BCUT2D eigenvalue weighted by Gasteiger charge is 2.18. The molecule has 0 fully saturated rings. The molecule has 0 saturated heterocycles. The van der Waals surface area contributed by atoms with Crippen LogP contribution in [0.25, 0.3) is 0 Å². The normalized spacial score (nSPS) is 18.1. The zero-order chi connectivity index (χ0) is 9.72. The van der Waals surface area contributed by atoms with Gasteiger partial charge in [-0.25, -0.2) is 0 Å². The largest absolute Gasteiger partial charge is 0.297 e. The fourth-order valence-corrected chi connectivity index (χ4v) is 1.42. The van der Waals surface area contributed by atoms with E-state index in [2.05, 4.69) is 39.6 Å². The molecule has 1 heteroatoms. The molecule has 0 aromatic carbocycles. The molecule has 0 aromatic rings. The average Bonchev–Trinajstić information content (AvgIpc) is 2.05. The number of hydrogen-bond donors (Lipinski definition) is 0. The molecule has 0 aliphatic carbocycles. The van der Waals surface area contributed by atoms with Crippen LogP contribution in [0.2, 0.25) is 0 Å². The molecular weight excluding hydrogens is 146 g/mol. The Labute approximate surface area is 77.3 Å². The molecule has 0 N–H and O–H groups in total. The fraction of sp³-hybridized carbons (Fsp3) is 0.909. The van der Waals surface area contributed by atoms with Crippen molar-refractivity contribution in [1.29, 1.82) is 0 Å². The van der Waals surface area contributed by atoms with Crippen molar-refractivity contribution in [1.82, 2.24) is 0 Å². The van der Waals surface area contributed by atoms with E-state index in [1.807, 2.05) is 7.05 Å². The van der Waals surface area contributed by atoms with E-state index in [4.69, 9.17) is 0 Å². The van der Waals surface area contributed by atoms with Gasteiger partial charge in [0.05, 0.1) is 0 Å². The van der Waals surface area contributed by atoms with Crippen molar-refractivity contribution in [3.63, 3.8) is 0 Å². The summed E-state index contributed by atoms with van der Waals surface area (Å²) in [6.07, 6.45) is 1.20. The monoisotopic (exact) mass is 169 g/mol. The second kappa shape index (κ2) is 5.34. The zero-order valence-electron chi connectivity index (χ0n) is 9.39. The standard InChI is InChI=1S/C11H23N/c1-7-9(4)11(12-6)10(5)8(2)3/h8-10H,7H2,1-6H3/b12-11-. The summed E-state index contributed by atoms with van der Waals surface area (Å²) in [5, 5.41) is 0. The van der Waals surface area contributed by atoms with E-state index in [0.29, 0.717) is 17.8 Å². The lowest BCUT2D eigenvalue weighted by molar-refractivity contribution is 0.505. The van der Waals surface area contributed by atoms with E-state index in [1.165, 1.54) is 12.1 Å². The van der Waals surface area contributed by atoms with Gasteiger partial charge in [0.15, 0.2) is 0 Å². The molecule has 0 aromatic heterocycles. The highest BCUT2D eigenvalue weighted by molar-refractivity contribution is 5.88. The number of aliphatic imine (C=N–C) groups is 1. The van der Waals surface area contributed by atoms with Crippen LogP contribution >= 0.6 is 0 Å². The van der Waals surface area contributed by atoms with Gasteiger partial charge in [-0.3, -0.25) is 4.99 Å².